The molecule has 0 bridgehead atoms. The monoisotopic (exact) mass is 468 g/mol. The zero-order chi connectivity index (χ0) is 25.7. The van der Waals surface area contributed by atoms with E-state index in [-0.39, 0.29) is 11.7 Å². The number of aromatic nitrogens is 2. The average Bonchev–Trinajstić information content (AvgIpc) is 3.19. The molecule has 0 radical (unpaired) electrons. The Balaban J connectivity index is 2.59. The Morgan fingerprint density at radius 3 is 2.15 bits per heavy atom. The predicted molar refractivity (Wildman–Crippen MR) is 139 cm³/mol. The van der Waals surface area contributed by atoms with Crippen LogP contribution >= 0.6 is 0 Å². The minimum absolute atomic E-state index is 0.161. The van der Waals surface area contributed by atoms with Gasteiger partial charge in [0.05, 0.1) is 6.33 Å². The fraction of sp³-hybridized carbons (Fsp3) is 0.481. The molecular formula is C27H40N4O3. The molecule has 7 nitrogen and oxygen atoms in total. The summed E-state index contributed by atoms with van der Waals surface area (Å²) in [7, 11) is 3.13. The summed E-state index contributed by atoms with van der Waals surface area (Å²) in [6.07, 6.45) is 14.7. The number of imidazole rings is 1. The lowest BCUT2D eigenvalue weighted by Crippen LogP contribution is -2.25. The summed E-state index contributed by atoms with van der Waals surface area (Å²) < 4.78 is 1.75. The van der Waals surface area contributed by atoms with Crippen molar-refractivity contribution in [2.24, 2.45) is 0 Å². The minimum atomic E-state index is -0.281. The molecule has 0 aliphatic carbocycles. The van der Waals surface area contributed by atoms with E-state index in [1.807, 2.05) is 20.8 Å². The molecule has 7 heteroatoms. The van der Waals surface area contributed by atoms with E-state index in [1.54, 1.807) is 31.1 Å². The van der Waals surface area contributed by atoms with Crippen molar-refractivity contribution in [3.05, 3.63) is 58.6 Å². The largest absolute Gasteiger partial charge is 0.354 e. The fourth-order valence-electron chi connectivity index (χ4n) is 3.44. The Morgan fingerprint density at radius 1 is 1.00 bits per heavy atom. The highest BCUT2D eigenvalue weighted by molar-refractivity contribution is 5.99. The molecule has 1 rings (SSSR count). The second kappa shape index (κ2) is 14.8. The number of allylic oxidation sites excluding steroid dienone is 8. The van der Waals surface area contributed by atoms with Gasteiger partial charge in [0.2, 0.25) is 6.41 Å². The Morgan fingerprint density at radius 2 is 1.59 bits per heavy atom. The third kappa shape index (κ3) is 10.1. The first kappa shape index (κ1) is 28.8. The quantitative estimate of drug-likeness (QED) is 0.232. The summed E-state index contributed by atoms with van der Waals surface area (Å²) in [4.78, 5) is 40.7. The van der Waals surface area contributed by atoms with E-state index in [1.165, 1.54) is 16.0 Å². The van der Waals surface area contributed by atoms with Crippen molar-refractivity contribution in [2.75, 3.05) is 19.0 Å². The number of amides is 2. The predicted octanol–water partition coefficient (Wildman–Crippen LogP) is 5.16. The van der Waals surface area contributed by atoms with E-state index < -0.39 is 0 Å². The van der Waals surface area contributed by atoms with Gasteiger partial charge in [-0.2, -0.15) is 0 Å². The van der Waals surface area contributed by atoms with Gasteiger partial charge in [-0.05, 0) is 66.4 Å². The molecule has 186 valence electrons. The number of anilines is 1. The summed E-state index contributed by atoms with van der Waals surface area (Å²) in [5, 5.41) is 2.61. The van der Waals surface area contributed by atoms with E-state index in [4.69, 9.17) is 0 Å². The molecule has 1 N–H and O–H groups in total. The lowest BCUT2D eigenvalue weighted by molar-refractivity contribution is -0.114. The van der Waals surface area contributed by atoms with Crippen LogP contribution in [0, 0.1) is 0 Å². The van der Waals surface area contributed by atoms with Crippen molar-refractivity contribution in [3.63, 3.8) is 0 Å². The first-order valence-corrected chi connectivity index (χ1v) is 11.7. The van der Waals surface area contributed by atoms with Gasteiger partial charge in [0, 0.05) is 27.1 Å². The Bertz CT molecular complexity index is 976. The van der Waals surface area contributed by atoms with E-state index in [0.717, 1.165) is 36.8 Å². The summed E-state index contributed by atoms with van der Waals surface area (Å²) >= 11 is 0. The molecule has 0 spiro atoms. The van der Waals surface area contributed by atoms with E-state index >= 15 is 0 Å². The van der Waals surface area contributed by atoms with Gasteiger partial charge < -0.3 is 14.8 Å². The normalized spacial score (nSPS) is 12.4. The third-order valence-electron chi connectivity index (χ3n) is 5.35. The molecule has 0 fully saturated rings. The van der Waals surface area contributed by atoms with E-state index in [9.17, 15) is 14.4 Å². The highest BCUT2D eigenvalue weighted by atomic mass is 16.2. The van der Waals surface area contributed by atoms with Crippen LogP contribution in [0.3, 0.4) is 0 Å². The van der Waals surface area contributed by atoms with Gasteiger partial charge in [-0.15, -0.1) is 0 Å². The molecule has 1 heterocycles. The average molecular weight is 469 g/mol. The van der Waals surface area contributed by atoms with Crippen LogP contribution in [0.2, 0.25) is 0 Å². The summed E-state index contributed by atoms with van der Waals surface area (Å²) in [5.74, 6) is 0.217. The van der Waals surface area contributed by atoms with Gasteiger partial charge in [-0.1, -0.05) is 40.5 Å². The van der Waals surface area contributed by atoms with Crippen molar-refractivity contribution in [1.82, 2.24) is 14.9 Å². The number of nitrogens with one attached hydrogen (secondary N) is 1. The Kier molecular flexibility index (Phi) is 12.6. The zero-order valence-corrected chi connectivity index (χ0v) is 21.8. The fourth-order valence-corrected chi connectivity index (χ4v) is 3.44. The molecular weight excluding hydrogens is 428 g/mol. The van der Waals surface area contributed by atoms with Crippen LogP contribution in [0.4, 0.5) is 5.82 Å². The molecule has 0 saturated heterocycles. The lowest BCUT2D eigenvalue weighted by Gasteiger charge is -2.11. The SMILES string of the molecule is CNC(=O)c1c(N(C)C=O)ncn1CC=C(C)CCC=C(C)CCC=C(C)CC(=O)C=C(C)C. The molecule has 1 aromatic rings. The number of carbonyl (C=O) groups is 3. The Hall–Kier alpha value is -3.22. The van der Waals surface area contributed by atoms with Crippen LogP contribution < -0.4 is 10.2 Å². The number of rotatable bonds is 14. The van der Waals surface area contributed by atoms with Crippen molar-refractivity contribution < 1.29 is 14.4 Å². The first-order chi connectivity index (χ1) is 16.1. The molecule has 1 aromatic heterocycles. The molecule has 34 heavy (non-hydrogen) atoms. The van der Waals surface area contributed by atoms with Crippen LogP contribution in [0.15, 0.2) is 52.9 Å². The molecule has 0 unspecified atom stereocenters. The smallest absolute Gasteiger partial charge is 0.271 e. The van der Waals surface area contributed by atoms with E-state index in [0.29, 0.717) is 30.9 Å². The first-order valence-electron chi connectivity index (χ1n) is 11.7. The topological polar surface area (TPSA) is 84.3 Å². The van der Waals surface area contributed by atoms with Gasteiger partial charge in [0.25, 0.3) is 5.91 Å². The maximum Gasteiger partial charge on any atom is 0.271 e. The van der Waals surface area contributed by atoms with Gasteiger partial charge in [-0.3, -0.25) is 14.4 Å². The second-order valence-corrected chi connectivity index (χ2v) is 8.96. The summed E-state index contributed by atoms with van der Waals surface area (Å²) in [6.45, 7) is 10.6. The third-order valence-corrected chi connectivity index (χ3v) is 5.35. The second-order valence-electron chi connectivity index (χ2n) is 8.96. The van der Waals surface area contributed by atoms with Crippen molar-refractivity contribution in [3.8, 4) is 0 Å². The van der Waals surface area contributed by atoms with Gasteiger partial charge in [-0.25, -0.2) is 4.98 Å². The summed E-state index contributed by atoms with van der Waals surface area (Å²) in [5.41, 5.74) is 5.08. The maximum absolute atomic E-state index is 12.3. The van der Waals surface area contributed by atoms with Crippen LogP contribution in [0.25, 0.3) is 0 Å². The van der Waals surface area contributed by atoms with Crippen molar-refractivity contribution in [2.45, 2.75) is 73.3 Å². The molecule has 0 aliphatic heterocycles. The number of hydrogen-bond acceptors (Lipinski definition) is 4. The van der Waals surface area contributed by atoms with Gasteiger partial charge in [0.1, 0.15) is 0 Å². The minimum Gasteiger partial charge on any atom is -0.354 e. The van der Waals surface area contributed by atoms with Crippen molar-refractivity contribution >= 4 is 23.9 Å². The molecule has 0 aromatic carbocycles. The number of ketones is 1. The molecule has 0 aliphatic rings. The van der Waals surface area contributed by atoms with Crippen molar-refractivity contribution in [1.29, 1.82) is 0 Å². The highest BCUT2D eigenvalue weighted by Gasteiger charge is 2.20. The van der Waals surface area contributed by atoms with Gasteiger partial charge in [0.15, 0.2) is 17.3 Å². The number of carbonyl (C=O) groups excluding carboxylic acids is 3. The molecule has 0 atom stereocenters. The standard InChI is InChI=1S/C27H40N4O3/c1-20(2)16-24(33)17-23(5)13-9-11-21(3)10-8-12-22(4)14-15-31-18-29-26(30(7)19-32)25(31)27(34)28-6/h10,13-14,16,18-19H,8-9,11-12,15,17H2,1-7H3,(H,28,34). The zero-order valence-electron chi connectivity index (χ0n) is 21.8. The van der Waals surface area contributed by atoms with E-state index in [2.05, 4.69) is 42.4 Å². The van der Waals surface area contributed by atoms with Crippen LogP contribution in [0.5, 0.6) is 0 Å². The number of hydrogen-bond donors (Lipinski definition) is 1. The summed E-state index contributed by atoms with van der Waals surface area (Å²) in [6, 6.07) is 0. The van der Waals surface area contributed by atoms with Crippen LogP contribution in [-0.2, 0) is 16.1 Å². The maximum atomic E-state index is 12.3. The Labute approximate surface area is 204 Å². The molecule has 0 saturated carbocycles. The highest BCUT2D eigenvalue weighted by Crippen LogP contribution is 2.18. The van der Waals surface area contributed by atoms with Crippen LogP contribution in [0.1, 0.15) is 77.2 Å². The van der Waals surface area contributed by atoms with Crippen LogP contribution in [-0.4, -0.2) is 41.7 Å². The van der Waals surface area contributed by atoms with Gasteiger partial charge >= 0.3 is 0 Å². The molecule has 2 amide bonds. The lowest BCUT2D eigenvalue weighted by atomic mass is 10.0. The number of nitrogens with zero attached hydrogens (tertiary/aromatic N) is 3.